The van der Waals surface area contributed by atoms with Crippen LogP contribution in [0.5, 0.6) is 0 Å². The molecule has 1 atom stereocenters. The highest BCUT2D eigenvalue weighted by molar-refractivity contribution is 7.92. The minimum atomic E-state index is -2.91. The van der Waals surface area contributed by atoms with Crippen molar-refractivity contribution >= 4 is 9.84 Å². The van der Waals surface area contributed by atoms with Crippen molar-refractivity contribution in [2.24, 2.45) is 0 Å². The van der Waals surface area contributed by atoms with Crippen LogP contribution in [0, 0.1) is 0 Å². The van der Waals surface area contributed by atoms with Gasteiger partial charge in [-0.25, -0.2) is 8.42 Å². The summed E-state index contributed by atoms with van der Waals surface area (Å²) >= 11 is 0. The van der Waals surface area contributed by atoms with E-state index in [1.807, 2.05) is 13.8 Å². The van der Waals surface area contributed by atoms with E-state index in [0.29, 0.717) is 18.8 Å². The molecule has 0 bridgehead atoms. The summed E-state index contributed by atoms with van der Waals surface area (Å²) in [5.74, 6) is 0.340. The molecule has 0 radical (unpaired) electrons. The quantitative estimate of drug-likeness (QED) is 0.551. The van der Waals surface area contributed by atoms with Crippen molar-refractivity contribution in [1.29, 1.82) is 0 Å². The van der Waals surface area contributed by atoms with Crippen LogP contribution in [0.3, 0.4) is 0 Å². The molecular weight excluding hydrogens is 212 g/mol. The number of sulfone groups is 1. The molecule has 4 heteroatoms. The number of ether oxygens (including phenoxy) is 1. The van der Waals surface area contributed by atoms with Gasteiger partial charge in [-0.2, -0.15) is 0 Å². The molecule has 0 aromatic rings. The molecule has 0 aromatic carbocycles. The molecule has 15 heavy (non-hydrogen) atoms. The topological polar surface area (TPSA) is 43.4 Å². The van der Waals surface area contributed by atoms with Gasteiger partial charge in [-0.3, -0.25) is 0 Å². The highest BCUT2D eigenvalue weighted by Gasteiger charge is 2.40. The van der Waals surface area contributed by atoms with Gasteiger partial charge in [0.25, 0.3) is 0 Å². The van der Waals surface area contributed by atoms with Gasteiger partial charge in [-0.15, -0.1) is 0 Å². The Morgan fingerprint density at radius 3 is 2.73 bits per heavy atom. The lowest BCUT2D eigenvalue weighted by Crippen LogP contribution is -2.41. The van der Waals surface area contributed by atoms with Crippen LogP contribution in [0.2, 0.25) is 0 Å². The third-order valence-corrected chi connectivity index (χ3v) is 5.84. The van der Waals surface area contributed by atoms with E-state index in [1.165, 1.54) is 0 Å². The van der Waals surface area contributed by atoms with Crippen molar-refractivity contribution in [2.75, 3.05) is 12.4 Å². The normalized spacial score (nSPS) is 30.5. The molecule has 0 saturated carbocycles. The van der Waals surface area contributed by atoms with E-state index in [2.05, 4.69) is 0 Å². The van der Waals surface area contributed by atoms with Crippen molar-refractivity contribution in [3.05, 3.63) is 12.3 Å². The summed E-state index contributed by atoms with van der Waals surface area (Å²) in [4.78, 5) is 0. The molecule has 1 aliphatic rings. The van der Waals surface area contributed by atoms with Crippen molar-refractivity contribution in [3.8, 4) is 0 Å². The summed E-state index contributed by atoms with van der Waals surface area (Å²) in [6.45, 7) is 4.21. The van der Waals surface area contributed by atoms with Gasteiger partial charge < -0.3 is 4.74 Å². The Hall–Kier alpha value is -0.510. The SMILES string of the molecule is C/C=C/OCCC1(C)CCCCS1(=O)=O. The second-order valence-electron chi connectivity index (χ2n) is 4.32. The Morgan fingerprint density at radius 2 is 2.13 bits per heavy atom. The molecule has 1 unspecified atom stereocenters. The van der Waals surface area contributed by atoms with E-state index in [-0.39, 0.29) is 0 Å². The predicted octanol–water partition coefficient (Wildman–Crippen LogP) is 2.28. The van der Waals surface area contributed by atoms with Crippen LogP contribution in [-0.4, -0.2) is 25.5 Å². The standard InChI is InChI=1S/C11H20O3S/c1-3-8-14-9-7-11(2)6-4-5-10-15(11,12)13/h3,8H,4-7,9-10H2,1-2H3/b8-3+. The van der Waals surface area contributed by atoms with E-state index in [1.54, 1.807) is 12.3 Å². The van der Waals surface area contributed by atoms with Crippen molar-refractivity contribution < 1.29 is 13.2 Å². The fourth-order valence-electron chi connectivity index (χ4n) is 1.91. The average molecular weight is 232 g/mol. The highest BCUT2D eigenvalue weighted by Crippen LogP contribution is 2.33. The monoisotopic (exact) mass is 232 g/mol. The van der Waals surface area contributed by atoms with Gasteiger partial charge in [-0.1, -0.05) is 12.5 Å². The van der Waals surface area contributed by atoms with Crippen LogP contribution in [0.15, 0.2) is 12.3 Å². The average Bonchev–Trinajstić information content (AvgIpc) is 2.18. The number of rotatable bonds is 4. The second kappa shape index (κ2) is 5.01. The Kier molecular flexibility index (Phi) is 4.20. The van der Waals surface area contributed by atoms with E-state index >= 15 is 0 Å². The number of allylic oxidation sites excluding steroid dienone is 1. The molecule has 0 aliphatic carbocycles. The minimum Gasteiger partial charge on any atom is -0.501 e. The third kappa shape index (κ3) is 2.97. The van der Waals surface area contributed by atoms with Crippen molar-refractivity contribution in [2.45, 2.75) is 44.3 Å². The first-order chi connectivity index (χ1) is 7.02. The fraction of sp³-hybridized carbons (Fsp3) is 0.818. The maximum Gasteiger partial charge on any atom is 0.155 e. The summed E-state index contributed by atoms with van der Waals surface area (Å²) in [6.07, 6.45) is 6.61. The van der Waals surface area contributed by atoms with E-state index in [4.69, 9.17) is 4.74 Å². The Balaban J connectivity index is 2.56. The lowest BCUT2D eigenvalue weighted by molar-refractivity contribution is 0.224. The fourth-order valence-corrected chi connectivity index (χ4v) is 3.84. The second-order valence-corrected chi connectivity index (χ2v) is 6.94. The van der Waals surface area contributed by atoms with Gasteiger partial charge in [0.2, 0.25) is 0 Å². The molecular formula is C11H20O3S. The zero-order valence-electron chi connectivity index (χ0n) is 9.53. The first-order valence-electron chi connectivity index (χ1n) is 5.47. The highest BCUT2D eigenvalue weighted by atomic mass is 32.2. The summed E-state index contributed by atoms with van der Waals surface area (Å²) in [5, 5.41) is 0. The molecule has 88 valence electrons. The van der Waals surface area contributed by atoms with Gasteiger partial charge in [0, 0.05) is 6.42 Å². The van der Waals surface area contributed by atoms with Gasteiger partial charge in [-0.05, 0) is 26.7 Å². The van der Waals surface area contributed by atoms with Crippen LogP contribution in [0.4, 0.5) is 0 Å². The first kappa shape index (κ1) is 12.6. The summed E-state index contributed by atoms with van der Waals surface area (Å²) in [5.41, 5.74) is 0. The Labute approximate surface area is 92.4 Å². The summed E-state index contributed by atoms with van der Waals surface area (Å²) in [6, 6.07) is 0. The molecule has 1 fully saturated rings. The zero-order valence-corrected chi connectivity index (χ0v) is 10.3. The lowest BCUT2D eigenvalue weighted by Gasteiger charge is -2.32. The van der Waals surface area contributed by atoms with Crippen LogP contribution in [0.25, 0.3) is 0 Å². The van der Waals surface area contributed by atoms with E-state index < -0.39 is 14.6 Å². The molecule has 0 aromatic heterocycles. The minimum absolute atomic E-state index is 0.340. The predicted molar refractivity (Wildman–Crippen MR) is 61.4 cm³/mol. The molecule has 1 saturated heterocycles. The van der Waals surface area contributed by atoms with Gasteiger partial charge in [0.05, 0.1) is 23.4 Å². The maximum absolute atomic E-state index is 11.9. The molecule has 0 spiro atoms. The maximum atomic E-state index is 11.9. The van der Waals surface area contributed by atoms with Crippen LogP contribution >= 0.6 is 0 Å². The summed E-state index contributed by atoms with van der Waals surface area (Å²) < 4.78 is 28.4. The number of hydrogen-bond donors (Lipinski definition) is 0. The summed E-state index contributed by atoms with van der Waals surface area (Å²) in [7, 11) is -2.91. The van der Waals surface area contributed by atoms with Crippen LogP contribution < -0.4 is 0 Å². The van der Waals surface area contributed by atoms with E-state index in [0.717, 1.165) is 19.3 Å². The first-order valence-corrected chi connectivity index (χ1v) is 7.12. The van der Waals surface area contributed by atoms with Crippen LogP contribution in [0.1, 0.15) is 39.5 Å². The molecule has 3 nitrogen and oxygen atoms in total. The zero-order chi connectivity index (χ0) is 11.4. The molecule has 0 N–H and O–H groups in total. The number of hydrogen-bond acceptors (Lipinski definition) is 3. The Bertz CT molecular complexity index is 319. The molecule has 1 rings (SSSR count). The van der Waals surface area contributed by atoms with Crippen molar-refractivity contribution in [3.63, 3.8) is 0 Å². The van der Waals surface area contributed by atoms with Gasteiger partial charge in [0.1, 0.15) is 0 Å². The molecule has 0 amide bonds. The third-order valence-electron chi connectivity index (χ3n) is 3.10. The van der Waals surface area contributed by atoms with Gasteiger partial charge in [0.15, 0.2) is 9.84 Å². The van der Waals surface area contributed by atoms with Gasteiger partial charge >= 0.3 is 0 Å². The Morgan fingerprint density at radius 1 is 1.40 bits per heavy atom. The lowest BCUT2D eigenvalue weighted by atomic mass is 9.99. The molecule has 1 aliphatic heterocycles. The molecule has 1 heterocycles. The van der Waals surface area contributed by atoms with E-state index in [9.17, 15) is 8.42 Å². The smallest absolute Gasteiger partial charge is 0.155 e. The largest absolute Gasteiger partial charge is 0.501 e. The van der Waals surface area contributed by atoms with Crippen molar-refractivity contribution in [1.82, 2.24) is 0 Å². The van der Waals surface area contributed by atoms with Crippen LogP contribution in [-0.2, 0) is 14.6 Å².